The molecule has 0 radical (unpaired) electrons. The molecule has 6 heteroatoms. The molecule has 154 valence electrons. The van der Waals surface area contributed by atoms with Gasteiger partial charge >= 0.3 is 0 Å². The Labute approximate surface area is 171 Å². The van der Waals surface area contributed by atoms with Gasteiger partial charge in [0.1, 0.15) is 5.69 Å². The van der Waals surface area contributed by atoms with E-state index in [2.05, 4.69) is 17.4 Å². The minimum Gasteiger partial charge on any atom is -0.381 e. The third-order valence-electron chi connectivity index (χ3n) is 6.21. The molecule has 0 unspecified atom stereocenters. The standard InChI is InChI=1S/C23H29N3O3/c1-25-12-5-8-21(25)23(28)26-13-9-19(17-6-3-2-4-7-17)20(16-26)24-22(27)18-10-14-29-15-11-18/h2-8,12,18-20H,9-11,13-16H2,1H3,(H,24,27)/t19-,20-/m0/s1. The zero-order valence-corrected chi connectivity index (χ0v) is 16.9. The molecule has 0 spiro atoms. The van der Waals surface area contributed by atoms with E-state index in [1.807, 2.05) is 53.0 Å². The van der Waals surface area contributed by atoms with Gasteiger partial charge in [0.15, 0.2) is 0 Å². The maximum absolute atomic E-state index is 13.0. The predicted molar refractivity (Wildman–Crippen MR) is 111 cm³/mol. The van der Waals surface area contributed by atoms with Crippen LogP contribution >= 0.6 is 0 Å². The molecule has 0 aliphatic carbocycles. The van der Waals surface area contributed by atoms with Gasteiger partial charge in [-0.25, -0.2) is 0 Å². The highest BCUT2D eigenvalue weighted by molar-refractivity contribution is 5.93. The number of rotatable bonds is 4. The van der Waals surface area contributed by atoms with Crippen molar-refractivity contribution in [3.8, 4) is 0 Å². The number of aryl methyl sites for hydroxylation is 1. The number of nitrogens with zero attached hydrogens (tertiary/aromatic N) is 2. The molecule has 2 saturated heterocycles. The Morgan fingerprint density at radius 2 is 1.79 bits per heavy atom. The quantitative estimate of drug-likeness (QED) is 0.865. The summed E-state index contributed by atoms with van der Waals surface area (Å²) in [6, 6.07) is 14.0. The minimum atomic E-state index is -0.0919. The molecule has 3 heterocycles. The molecule has 2 fully saturated rings. The van der Waals surface area contributed by atoms with Crippen molar-refractivity contribution in [2.24, 2.45) is 13.0 Å². The molecule has 29 heavy (non-hydrogen) atoms. The van der Waals surface area contributed by atoms with Gasteiger partial charge in [0.25, 0.3) is 5.91 Å². The number of benzene rings is 1. The van der Waals surface area contributed by atoms with Gasteiger partial charge in [-0.05, 0) is 37.0 Å². The van der Waals surface area contributed by atoms with E-state index < -0.39 is 0 Å². The monoisotopic (exact) mass is 395 g/mol. The van der Waals surface area contributed by atoms with Crippen molar-refractivity contribution < 1.29 is 14.3 Å². The van der Waals surface area contributed by atoms with E-state index in [1.165, 1.54) is 5.56 Å². The maximum atomic E-state index is 13.0. The smallest absolute Gasteiger partial charge is 0.270 e. The maximum Gasteiger partial charge on any atom is 0.270 e. The van der Waals surface area contributed by atoms with Gasteiger partial charge in [0.2, 0.25) is 5.91 Å². The van der Waals surface area contributed by atoms with E-state index >= 15 is 0 Å². The largest absolute Gasteiger partial charge is 0.381 e. The number of nitrogens with one attached hydrogen (secondary N) is 1. The number of likely N-dealkylation sites (tertiary alicyclic amines) is 1. The van der Waals surface area contributed by atoms with Gasteiger partial charge in [-0.15, -0.1) is 0 Å². The van der Waals surface area contributed by atoms with Crippen molar-refractivity contribution in [1.29, 1.82) is 0 Å². The summed E-state index contributed by atoms with van der Waals surface area (Å²) in [7, 11) is 1.88. The Balaban J connectivity index is 1.52. The number of carbonyl (C=O) groups is 2. The number of hydrogen-bond donors (Lipinski definition) is 1. The number of amides is 2. The third kappa shape index (κ3) is 4.37. The molecule has 1 aromatic carbocycles. The highest BCUT2D eigenvalue weighted by Crippen LogP contribution is 2.30. The first-order valence-electron chi connectivity index (χ1n) is 10.5. The lowest BCUT2D eigenvalue weighted by molar-refractivity contribution is -0.129. The number of ether oxygens (including phenoxy) is 1. The van der Waals surface area contributed by atoms with Crippen molar-refractivity contribution in [3.05, 3.63) is 59.9 Å². The molecular weight excluding hydrogens is 366 g/mol. The third-order valence-corrected chi connectivity index (χ3v) is 6.21. The van der Waals surface area contributed by atoms with E-state index in [-0.39, 0.29) is 29.7 Å². The van der Waals surface area contributed by atoms with Crippen LogP contribution in [-0.2, 0) is 16.6 Å². The molecule has 2 aromatic rings. The van der Waals surface area contributed by atoms with Crippen LogP contribution in [-0.4, -0.2) is 53.6 Å². The molecule has 1 aromatic heterocycles. The fourth-order valence-corrected chi connectivity index (χ4v) is 4.49. The topological polar surface area (TPSA) is 63.6 Å². The van der Waals surface area contributed by atoms with Crippen molar-refractivity contribution in [2.75, 3.05) is 26.3 Å². The van der Waals surface area contributed by atoms with Gasteiger partial charge in [-0.3, -0.25) is 9.59 Å². The van der Waals surface area contributed by atoms with E-state index in [0.29, 0.717) is 32.0 Å². The lowest BCUT2D eigenvalue weighted by Crippen LogP contribution is -2.54. The lowest BCUT2D eigenvalue weighted by Gasteiger charge is -2.40. The lowest BCUT2D eigenvalue weighted by atomic mass is 9.84. The first-order chi connectivity index (χ1) is 14.1. The summed E-state index contributed by atoms with van der Waals surface area (Å²) < 4.78 is 7.24. The molecular formula is C23H29N3O3. The second-order valence-electron chi connectivity index (χ2n) is 8.06. The molecule has 0 saturated carbocycles. The summed E-state index contributed by atoms with van der Waals surface area (Å²) in [6.07, 6.45) is 4.24. The van der Waals surface area contributed by atoms with Gasteiger partial charge in [-0.2, -0.15) is 0 Å². The van der Waals surface area contributed by atoms with Crippen LogP contribution in [0.15, 0.2) is 48.7 Å². The second kappa shape index (κ2) is 8.82. The summed E-state index contributed by atoms with van der Waals surface area (Å²) in [6.45, 7) is 2.50. The summed E-state index contributed by atoms with van der Waals surface area (Å²) in [5.41, 5.74) is 1.90. The SMILES string of the molecule is Cn1cccc1C(=O)N1CC[C@@H](c2ccccc2)[C@@H](NC(=O)C2CCOCC2)C1. The van der Waals surface area contributed by atoms with E-state index in [0.717, 1.165) is 19.3 Å². The molecule has 6 nitrogen and oxygen atoms in total. The highest BCUT2D eigenvalue weighted by Gasteiger charge is 2.35. The Bertz CT molecular complexity index is 842. The summed E-state index contributed by atoms with van der Waals surface area (Å²) >= 11 is 0. The number of carbonyl (C=O) groups excluding carboxylic acids is 2. The Morgan fingerprint density at radius 1 is 1.03 bits per heavy atom. The minimum absolute atomic E-state index is 0.000810. The van der Waals surface area contributed by atoms with Crippen molar-refractivity contribution in [1.82, 2.24) is 14.8 Å². The Morgan fingerprint density at radius 3 is 2.48 bits per heavy atom. The van der Waals surface area contributed by atoms with Crippen LogP contribution in [0.5, 0.6) is 0 Å². The predicted octanol–water partition coefficient (Wildman–Crippen LogP) is 2.57. The van der Waals surface area contributed by atoms with Gasteiger partial charge < -0.3 is 19.5 Å². The molecule has 0 bridgehead atoms. The summed E-state index contributed by atoms with van der Waals surface area (Å²) in [5.74, 6) is 0.318. The zero-order valence-electron chi connectivity index (χ0n) is 16.9. The van der Waals surface area contributed by atoms with Crippen molar-refractivity contribution >= 4 is 11.8 Å². The van der Waals surface area contributed by atoms with Crippen LogP contribution in [0.1, 0.15) is 41.2 Å². The molecule has 2 atom stereocenters. The fourth-order valence-electron chi connectivity index (χ4n) is 4.49. The fraction of sp³-hybridized carbons (Fsp3) is 0.478. The number of piperidine rings is 1. The first kappa shape index (κ1) is 19.7. The van der Waals surface area contributed by atoms with Crippen LogP contribution in [0.4, 0.5) is 0 Å². The number of aromatic nitrogens is 1. The average Bonchev–Trinajstić information content (AvgIpc) is 3.20. The van der Waals surface area contributed by atoms with Crippen LogP contribution < -0.4 is 5.32 Å². The van der Waals surface area contributed by atoms with Crippen molar-refractivity contribution in [3.63, 3.8) is 0 Å². The molecule has 2 aliphatic heterocycles. The van der Waals surface area contributed by atoms with Crippen LogP contribution in [0, 0.1) is 5.92 Å². The number of hydrogen-bond acceptors (Lipinski definition) is 3. The van der Waals surface area contributed by atoms with E-state index in [4.69, 9.17) is 4.74 Å². The van der Waals surface area contributed by atoms with E-state index in [9.17, 15) is 9.59 Å². The Hall–Kier alpha value is -2.60. The molecule has 1 N–H and O–H groups in total. The normalized spacial score (nSPS) is 23.0. The molecule has 4 rings (SSSR count). The summed E-state index contributed by atoms with van der Waals surface area (Å²) in [4.78, 5) is 27.8. The van der Waals surface area contributed by atoms with Gasteiger partial charge in [0, 0.05) is 51.4 Å². The van der Waals surface area contributed by atoms with Gasteiger partial charge in [-0.1, -0.05) is 30.3 Å². The molecule has 2 amide bonds. The zero-order chi connectivity index (χ0) is 20.2. The molecule has 2 aliphatic rings. The van der Waals surface area contributed by atoms with Crippen molar-refractivity contribution in [2.45, 2.75) is 31.2 Å². The van der Waals surface area contributed by atoms with Crippen LogP contribution in [0.2, 0.25) is 0 Å². The van der Waals surface area contributed by atoms with Gasteiger partial charge in [0.05, 0.1) is 6.04 Å². The Kier molecular flexibility index (Phi) is 6.00. The highest BCUT2D eigenvalue weighted by atomic mass is 16.5. The first-order valence-corrected chi connectivity index (χ1v) is 10.5. The average molecular weight is 396 g/mol. The van der Waals surface area contributed by atoms with Crippen LogP contribution in [0.3, 0.4) is 0 Å². The van der Waals surface area contributed by atoms with E-state index in [1.54, 1.807) is 0 Å². The second-order valence-corrected chi connectivity index (χ2v) is 8.06. The summed E-state index contributed by atoms with van der Waals surface area (Å²) in [5, 5.41) is 3.29. The van der Waals surface area contributed by atoms with Crippen LogP contribution in [0.25, 0.3) is 0 Å².